The monoisotopic (exact) mass is 301 g/mol. The van der Waals surface area contributed by atoms with Gasteiger partial charge in [-0.1, -0.05) is 24.4 Å². The van der Waals surface area contributed by atoms with E-state index in [-0.39, 0.29) is 16.1 Å². The van der Waals surface area contributed by atoms with E-state index in [0.717, 1.165) is 18.6 Å². The first kappa shape index (κ1) is 14.5. The summed E-state index contributed by atoms with van der Waals surface area (Å²) in [5.74, 6) is 1.37. The molecule has 0 unspecified atom stereocenters. The first-order valence-corrected chi connectivity index (χ1v) is 7.25. The lowest BCUT2D eigenvalue weighted by molar-refractivity contribution is -0.384. The highest BCUT2D eigenvalue weighted by Crippen LogP contribution is 2.39. The van der Waals surface area contributed by atoms with Gasteiger partial charge < -0.3 is 4.74 Å². The molecule has 0 aliphatic heterocycles. The maximum Gasteiger partial charge on any atom is 0.288 e. The Morgan fingerprint density at radius 3 is 2.63 bits per heavy atom. The topological polar surface area (TPSA) is 52.4 Å². The van der Waals surface area contributed by atoms with Crippen LogP contribution in [0.4, 0.5) is 5.69 Å². The van der Waals surface area contributed by atoms with E-state index in [2.05, 4.69) is 12.6 Å². The summed E-state index contributed by atoms with van der Waals surface area (Å²) in [5, 5.41) is 10.8. The van der Waals surface area contributed by atoms with E-state index in [9.17, 15) is 10.1 Å². The summed E-state index contributed by atoms with van der Waals surface area (Å²) in [4.78, 5) is 10.2. The third-order valence-corrected chi connectivity index (χ3v) is 4.63. The van der Waals surface area contributed by atoms with Crippen molar-refractivity contribution < 1.29 is 9.66 Å². The summed E-state index contributed by atoms with van der Waals surface area (Å²) in [6, 6.07) is 4.46. The predicted molar refractivity (Wildman–Crippen MR) is 78.4 cm³/mol. The lowest BCUT2D eigenvalue weighted by atomic mass is 9.90. The van der Waals surface area contributed by atoms with E-state index >= 15 is 0 Å². The zero-order valence-corrected chi connectivity index (χ0v) is 12.1. The molecule has 0 N–H and O–H groups in total. The number of nitro benzene ring substituents is 1. The Balaban J connectivity index is 2.03. The summed E-state index contributed by atoms with van der Waals surface area (Å²) in [6.07, 6.45) is 4.67. The van der Waals surface area contributed by atoms with Crippen LogP contribution in [-0.2, 0) is 0 Å². The molecule has 19 heavy (non-hydrogen) atoms. The Hall–Kier alpha value is -0.940. The first-order valence-electron chi connectivity index (χ1n) is 6.24. The highest BCUT2D eigenvalue weighted by molar-refractivity contribution is 7.80. The molecule has 0 radical (unpaired) electrons. The van der Waals surface area contributed by atoms with Gasteiger partial charge in [-0.3, -0.25) is 10.1 Å². The summed E-state index contributed by atoms with van der Waals surface area (Å²) in [6.45, 7) is 0.588. The number of thiol groups is 1. The minimum Gasteiger partial charge on any atom is -0.493 e. The number of hydrogen-bond donors (Lipinski definition) is 1. The van der Waals surface area contributed by atoms with Gasteiger partial charge in [0.25, 0.3) is 5.69 Å². The fraction of sp³-hybridized carbons (Fsp3) is 0.538. The van der Waals surface area contributed by atoms with Crippen LogP contribution in [0.2, 0.25) is 5.02 Å². The highest BCUT2D eigenvalue weighted by Gasteiger charge is 2.33. The number of rotatable bonds is 5. The predicted octanol–water partition coefficient (Wildman–Crippen LogP) is 4.12. The number of halogens is 1. The van der Waals surface area contributed by atoms with Gasteiger partial charge in [-0.2, -0.15) is 12.6 Å². The van der Waals surface area contributed by atoms with Crippen LogP contribution in [0.15, 0.2) is 18.2 Å². The fourth-order valence-electron chi connectivity index (χ4n) is 2.43. The normalized spacial score (nSPS) is 17.4. The summed E-state index contributed by atoms with van der Waals surface area (Å²) in [5.41, 5.74) is 0.0379. The molecule has 0 spiro atoms. The largest absolute Gasteiger partial charge is 0.493 e. The molecule has 1 aromatic carbocycles. The fourth-order valence-corrected chi connectivity index (χ4v) is 3.08. The summed E-state index contributed by atoms with van der Waals surface area (Å²) >= 11 is 10.3. The number of benzene rings is 1. The second-order valence-electron chi connectivity index (χ2n) is 5.02. The molecule has 0 bridgehead atoms. The van der Waals surface area contributed by atoms with Gasteiger partial charge in [0.15, 0.2) is 0 Å². The molecular weight excluding hydrogens is 286 g/mol. The van der Waals surface area contributed by atoms with E-state index in [1.807, 2.05) is 0 Å². The van der Waals surface area contributed by atoms with Crippen LogP contribution in [0, 0.1) is 15.5 Å². The van der Waals surface area contributed by atoms with Crippen LogP contribution in [0.3, 0.4) is 0 Å². The molecule has 6 heteroatoms. The SMILES string of the molecule is O=[N+]([O-])c1ccc(OCC2(CS)CCCC2)cc1Cl. The lowest BCUT2D eigenvalue weighted by Gasteiger charge is -2.26. The molecule has 1 fully saturated rings. The highest BCUT2D eigenvalue weighted by atomic mass is 35.5. The van der Waals surface area contributed by atoms with E-state index in [1.54, 1.807) is 6.07 Å². The molecule has 0 amide bonds. The Morgan fingerprint density at radius 1 is 1.42 bits per heavy atom. The van der Waals surface area contributed by atoms with Gasteiger partial charge in [0, 0.05) is 17.5 Å². The van der Waals surface area contributed by atoms with Crippen LogP contribution >= 0.6 is 24.2 Å². The average molecular weight is 302 g/mol. The second kappa shape index (κ2) is 6.01. The van der Waals surface area contributed by atoms with Gasteiger partial charge in [0.1, 0.15) is 10.8 Å². The Bertz CT molecular complexity index is 475. The Labute approximate surface area is 122 Å². The van der Waals surface area contributed by atoms with Crippen LogP contribution in [-0.4, -0.2) is 17.3 Å². The third kappa shape index (κ3) is 3.34. The van der Waals surface area contributed by atoms with Crippen molar-refractivity contribution in [3.8, 4) is 5.75 Å². The number of nitrogens with zero attached hydrogens (tertiary/aromatic N) is 1. The van der Waals surface area contributed by atoms with Crippen molar-refractivity contribution in [1.29, 1.82) is 0 Å². The standard InChI is InChI=1S/C13H16ClNO3S/c14-11-7-10(3-4-12(11)15(16)17)18-8-13(9-19)5-1-2-6-13/h3-4,7,19H,1-2,5-6,8-9H2. The molecule has 0 atom stereocenters. The molecule has 4 nitrogen and oxygen atoms in total. The molecule has 2 rings (SSSR count). The minimum absolute atomic E-state index is 0.0983. The molecule has 1 aromatic rings. The van der Waals surface area contributed by atoms with Crippen molar-refractivity contribution in [1.82, 2.24) is 0 Å². The maximum atomic E-state index is 10.7. The molecule has 1 saturated carbocycles. The quantitative estimate of drug-likeness (QED) is 0.506. The molecule has 104 valence electrons. The molecule has 0 aromatic heterocycles. The van der Waals surface area contributed by atoms with Crippen LogP contribution in [0.1, 0.15) is 25.7 Å². The summed E-state index contributed by atoms with van der Waals surface area (Å²) in [7, 11) is 0. The minimum atomic E-state index is -0.502. The van der Waals surface area contributed by atoms with Gasteiger partial charge in [-0.05, 0) is 24.7 Å². The molecular formula is C13H16ClNO3S. The van der Waals surface area contributed by atoms with E-state index in [1.165, 1.54) is 25.0 Å². The van der Waals surface area contributed by atoms with Crippen molar-refractivity contribution in [3.63, 3.8) is 0 Å². The van der Waals surface area contributed by atoms with Gasteiger partial charge in [0.2, 0.25) is 0 Å². The molecule has 1 aliphatic rings. The number of ether oxygens (including phenoxy) is 1. The van der Waals surface area contributed by atoms with E-state index in [4.69, 9.17) is 16.3 Å². The van der Waals surface area contributed by atoms with Gasteiger partial charge >= 0.3 is 0 Å². The van der Waals surface area contributed by atoms with E-state index < -0.39 is 4.92 Å². The van der Waals surface area contributed by atoms with Crippen molar-refractivity contribution >= 4 is 29.9 Å². The molecule has 0 saturated heterocycles. The van der Waals surface area contributed by atoms with E-state index in [0.29, 0.717) is 12.4 Å². The third-order valence-electron chi connectivity index (χ3n) is 3.66. The van der Waals surface area contributed by atoms with Crippen molar-refractivity contribution in [2.24, 2.45) is 5.41 Å². The maximum absolute atomic E-state index is 10.7. The Kier molecular flexibility index (Phi) is 4.58. The van der Waals surface area contributed by atoms with Crippen LogP contribution in [0.25, 0.3) is 0 Å². The zero-order chi connectivity index (χ0) is 13.9. The number of hydrogen-bond acceptors (Lipinski definition) is 4. The van der Waals surface area contributed by atoms with Crippen molar-refractivity contribution in [2.75, 3.05) is 12.4 Å². The molecule has 0 heterocycles. The first-order chi connectivity index (χ1) is 9.06. The zero-order valence-electron chi connectivity index (χ0n) is 10.5. The Morgan fingerprint density at radius 2 is 2.11 bits per heavy atom. The van der Waals surface area contributed by atoms with Crippen LogP contribution in [0.5, 0.6) is 5.75 Å². The van der Waals surface area contributed by atoms with Gasteiger partial charge in [0.05, 0.1) is 11.5 Å². The molecule has 1 aliphatic carbocycles. The van der Waals surface area contributed by atoms with Crippen LogP contribution < -0.4 is 4.74 Å². The summed E-state index contributed by atoms with van der Waals surface area (Å²) < 4.78 is 5.74. The second-order valence-corrected chi connectivity index (χ2v) is 5.75. The number of nitro groups is 1. The van der Waals surface area contributed by atoms with Gasteiger partial charge in [-0.15, -0.1) is 0 Å². The van der Waals surface area contributed by atoms with Gasteiger partial charge in [-0.25, -0.2) is 0 Å². The smallest absolute Gasteiger partial charge is 0.288 e. The van der Waals surface area contributed by atoms with Crippen molar-refractivity contribution in [3.05, 3.63) is 33.3 Å². The van der Waals surface area contributed by atoms with Crippen molar-refractivity contribution in [2.45, 2.75) is 25.7 Å². The average Bonchev–Trinajstić information content (AvgIpc) is 2.85. The lowest BCUT2D eigenvalue weighted by Crippen LogP contribution is -2.27.